The van der Waals surface area contributed by atoms with Gasteiger partial charge in [-0.3, -0.25) is 0 Å². The number of nitrogens with zero attached hydrogens (tertiary/aromatic N) is 3. The molecular formula is C12H16F3N3S. The average molecular weight is 291 g/mol. The van der Waals surface area contributed by atoms with E-state index in [1.165, 1.54) is 43.8 Å². The third-order valence-corrected chi connectivity index (χ3v) is 4.00. The van der Waals surface area contributed by atoms with Gasteiger partial charge in [0.2, 0.25) is 0 Å². The van der Waals surface area contributed by atoms with E-state index in [-0.39, 0.29) is 0 Å². The van der Waals surface area contributed by atoms with Crippen LogP contribution in [0.25, 0.3) is 0 Å². The fraction of sp³-hybridized carbons (Fsp3) is 0.667. The Morgan fingerprint density at radius 1 is 1.16 bits per heavy atom. The second-order valence-corrected chi connectivity index (χ2v) is 5.62. The molecule has 106 valence electrons. The van der Waals surface area contributed by atoms with Gasteiger partial charge in [-0.1, -0.05) is 0 Å². The maximum Gasteiger partial charge on any atom is 0.435 e. The van der Waals surface area contributed by atoms with Crippen molar-refractivity contribution in [3.05, 3.63) is 17.8 Å². The minimum atomic E-state index is -4.41. The molecule has 0 saturated carbocycles. The summed E-state index contributed by atoms with van der Waals surface area (Å²) >= 11 is 1.46. The van der Waals surface area contributed by atoms with Crippen LogP contribution in [0.3, 0.4) is 0 Å². The predicted octanol–water partition coefficient (Wildman–Crippen LogP) is 3.07. The van der Waals surface area contributed by atoms with Gasteiger partial charge in [0.1, 0.15) is 5.03 Å². The number of likely N-dealkylation sites (tertiary alicyclic amines) is 1. The maximum absolute atomic E-state index is 12.3. The lowest BCUT2D eigenvalue weighted by Gasteiger charge is -2.13. The van der Waals surface area contributed by atoms with Crippen LogP contribution >= 0.6 is 11.8 Å². The highest BCUT2D eigenvalue weighted by molar-refractivity contribution is 7.99. The largest absolute Gasteiger partial charge is 0.435 e. The lowest BCUT2D eigenvalue weighted by molar-refractivity contribution is -0.141. The van der Waals surface area contributed by atoms with Crippen LogP contribution in [0.5, 0.6) is 0 Å². The molecule has 0 unspecified atom stereocenters. The molecule has 0 atom stereocenters. The fourth-order valence-corrected chi connectivity index (χ4v) is 2.76. The maximum atomic E-state index is 12.3. The standard InChI is InChI=1S/C12H16F3N3S/c13-12(14,15)10-4-5-11(17-16-10)19-9-3-8-18-6-1-2-7-18/h4-5H,1-3,6-9H2. The minimum absolute atomic E-state index is 0.550. The molecule has 2 rings (SSSR count). The van der Waals surface area contributed by atoms with Crippen molar-refractivity contribution in [2.75, 3.05) is 25.4 Å². The van der Waals surface area contributed by atoms with Gasteiger partial charge < -0.3 is 4.90 Å². The Morgan fingerprint density at radius 3 is 2.47 bits per heavy atom. The van der Waals surface area contributed by atoms with Crippen LogP contribution in [0.15, 0.2) is 17.2 Å². The Labute approximate surface area is 114 Å². The summed E-state index contributed by atoms with van der Waals surface area (Å²) in [5.74, 6) is 0.858. The van der Waals surface area contributed by atoms with Crippen LogP contribution in [0, 0.1) is 0 Å². The zero-order valence-corrected chi connectivity index (χ0v) is 11.3. The number of hydrogen-bond acceptors (Lipinski definition) is 4. The van der Waals surface area contributed by atoms with Gasteiger partial charge in [-0.05, 0) is 51.0 Å². The normalized spacial score (nSPS) is 17.0. The van der Waals surface area contributed by atoms with E-state index in [0.29, 0.717) is 5.03 Å². The summed E-state index contributed by atoms with van der Waals surface area (Å²) in [5, 5.41) is 7.34. The Kier molecular flexibility index (Phi) is 5.04. The SMILES string of the molecule is FC(F)(F)c1ccc(SCCCN2CCCC2)nn1. The molecule has 3 nitrogen and oxygen atoms in total. The molecule has 0 aromatic carbocycles. The van der Waals surface area contributed by atoms with Crippen LogP contribution in [0.2, 0.25) is 0 Å². The van der Waals surface area contributed by atoms with Gasteiger partial charge in [0, 0.05) is 5.75 Å². The van der Waals surface area contributed by atoms with Gasteiger partial charge in [0.25, 0.3) is 0 Å². The summed E-state index contributed by atoms with van der Waals surface area (Å²) in [7, 11) is 0. The number of aromatic nitrogens is 2. The molecule has 19 heavy (non-hydrogen) atoms. The van der Waals surface area contributed by atoms with Crippen molar-refractivity contribution in [3.8, 4) is 0 Å². The van der Waals surface area contributed by atoms with E-state index in [0.717, 1.165) is 24.8 Å². The summed E-state index contributed by atoms with van der Waals surface area (Å²) in [6.45, 7) is 3.40. The van der Waals surface area contributed by atoms with Gasteiger partial charge in [0.15, 0.2) is 5.69 Å². The summed E-state index contributed by atoms with van der Waals surface area (Å²) < 4.78 is 36.9. The molecule has 1 aliphatic rings. The minimum Gasteiger partial charge on any atom is -0.303 e. The van der Waals surface area contributed by atoms with E-state index in [9.17, 15) is 13.2 Å². The molecule has 2 heterocycles. The van der Waals surface area contributed by atoms with Gasteiger partial charge in [-0.25, -0.2) is 0 Å². The smallest absolute Gasteiger partial charge is 0.303 e. The van der Waals surface area contributed by atoms with Crippen molar-refractivity contribution in [2.24, 2.45) is 0 Å². The van der Waals surface area contributed by atoms with E-state index in [1.54, 1.807) is 0 Å². The number of rotatable bonds is 5. The Bertz CT molecular complexity index is 388. The van der Waals surface area contributed by atoms with Crippen LogP contribution in [0.4, 0.5) is 13.2 Å². The Balaban J connectivity index is 1.71. The number of hydrogen-bond donors (Lipinski definition) is 0. The number of halogens is 3. The molecule has 1 aliphatic heterocycles. The van der Waals surface area contributed by atoms with E-state index in [4.69, 9.17) is 0 Å². The number of alkyl halides is 3. The van der Waals surface area contributed by atoms with Crippen molar-refractivity contribution in [3.63, 3.8) is 0 Å². The molecule has 1 aromatic heterocycles. The first-order valence-electron chi connectivity index (χ1n) is 6.32. The summed E-state index contributed by atoms with van der Waals surface area (Å²) in [4.78, 5) is 2.42. The highest BCUT2D eigenvalue weighted by Gasteiger charge is 2.32. The third-order valence-electron chi connectivity index (χ3n) is 3.00. The Morgan fingerprint density at radius 2 is 1.89 bits per heavy atom. The third kappa shape index (κ3) is 4.65. The van der Waals surface area contributed by atoms with Gasteiger partial charge in [0.05, 0.1) is 0 Å². The lowest BCUT2D eigenvalue weighted by atomic mass is 10.4. The van der Waals surface area contributed by atoms with Crippen molar-refractivity contribution >= 4 is 11.8 Å². The first kappa shape index (κ1) is 14.6. The lowest BCUT2D eigenvalue weighted by Crippen LogP contribution is -2.20. The molecule has 1 aromatic rings. The highest BCUT2D eigenvalue weighted by atomic mass is 32.2. The predicted molar refractivity (Wildman–Crippen MR) is 68.0 cm³/mol. The molecule has 0 amide bonds. The van der Waals surface area contributed by atoms with Crippen molar-refractivity contribution in [2.45, 2.75) is 30.5 Å². The monoisotopic (exact) mass is 291 g/mol. The van der Waals surface area contributed by atoms with E-state index < -0.39 is 11.9 Å². The zero-order chi connectivity index (χ0) is 13.7. The second-order valence-electron chi connectivity index (χ2n) is 4.51. The van der Waals surface area contributed by atoms with Crippen LogP contribution in [-0.4, -0.2) is 40.5 Å². The topological polar surface area (TPSA) is 29.0 Å². The molecule has 7 heteroatoms. The average Bonchev–Trinajstić information content (AvgIpc) is 2.87. The number of thioether (sulfide) groups is 1. The molecule has 0 radical (unpaired) electrons. The molecular weight excluding hydrogens is 275 g/mol. The Hall–Kier alpha value is -0.820. The molecule has 0 aliphatic carbocycles. The highest BCUT2D eigenvalue weighted by Crippen LogP contribution is 2.27. The van der Waals surface area contributed by atoms with E-state index in [2.05, 4.69) is 15.1 Å². The zero-order valence-electron chi connectivity index (χ0n) is 10.5. The van der Waals surface area contributed by atoms with Crippen molar-refractivity contribution in [1.82, 2.24) is 15.1 Å². The van der Waals surface area contributed by atoms with E-state index in [1.807, 2.05) is 0 Å². The summed E-state index contributed by atoms with van der Waals surface area (Å²) in [5.41, 5.74) is -0.936. The van der Waals surface area contributed by atoms with Gasteiger partial charge in [-0.15, -0.1) is 22.0 Å². The molecule has 0 spiro atoms. The van der Waals surface area contributed by atoms with Crippen LogP contribution in [0.1, 0.15) is 25.0 Å². The molecule has 1 fully saturated rings. The van der Waals surface area contributed by atoms with Gasteiger partial charge >= 0.3 is 6.18 Å². The van der Waals surface area contributed by atoms with Gasteiger partial charge in [-0.2, -0.15) is 13.2 Å². The van der Waals surface area contributed by atoms with Crippen LogP contribution in [-0.2, 0) is 6.18 Å². The summed E-state index contributed by atoms with van der Waals surface area (Å²) in [6.07, 6.45) is -0.839. The first-order chi connectivity index (χ1) is 9.05. The van der Waals surface area contributed by atoms with Crippen molar-refractivity contribution < 1.29 is 13.2 Å². The molecule has 0 bridgehead atoms. The first-order valence-corrected chi connectivity index (χ1v) is 7.30. The fourth-order valence-electron chi connectivity index (χ4n) is 2.02. The summed E-state index contributed by atoms with van der Waals surface area (Å²) in [6, 6.07) is 2.37. The van der Waals surface area contributed by atoms with Crippen molar-refractivity contribution in [1.29, 1.82) is 0 Å². The quantitative estimate of drug-likeness (QED) is 0.616. The van der Waals surface area contributed by atoms with E-state index >= 15 is 0 Å². The second kappa shape index (κ2) is 6.56. The molecule has 0 N–H and O–H groups in total. The van der Waals surface area contributed by atoms with Crippen LogP contribution < -0.4 is 0 Å². The molecule has 1 saturated heterocycles.